The number of nitrogens with zero attached hydrogens (tertiary/aromatic N) is 1. The molecule has 0 aromatic rings. The van der Waals surface area contributed by atoms with Crippen LogP contribution in [0.1, 0.15) is 0 Å². The van der Waals surface area contributed by atoms with Crippen molar-refractivity contribution in [3.63, 3.8) is 0 Å². The lowest BCUT2D eigenvalue weighted by Gasteiger charge is -2.31. The smallest absolute Gasteiger partial charge is 0.218 e. The summed E-state index contributed by atoms with van der Waals surface area (Å²) in [6.07, 6.45) is -6.90. The minimum Gasteiger partial charge on any atom is -0.218 e. The van der Waals surface area contributed by atoms with E-state index >= 15 is 0 Å². The molecule has 1 saturated heterocycles. The Bertz CT molecular complexity index is 305. The Kier molecular flexibility index (Phi) is 2.28. The fraction of sp³-hybridized carbons (Fsp3) is 1.00. The summed E-state index contributed by atoms with van der Waals surface area (Å²) >= 11 is 0. The van der Waals surface area contributed by atoms with E-state index in [-0.39, 0.29) is 0 Å². The third-order valence-corrected chi connectivity index (χ3v) is 1.90. The normalized spacial score (nSPS) is 36.4. The molecule has 0 aliphatic carbocycles. The Morgan fingerprint density at radius 2 is 1.06 bits per heavy atom. The fourth-order valence-corrected chi connectivity index (χ4v) is 1.07. The maximum absolute atomic E-state index is 12.7. The van der Waals surface area contributed by atoms with Gasteiger partial charge in [-0.3, -0.25) is 0 Å². The van der Waals surface area contributed by atoms with Gasteiger partial charge < -0.3 is 0 Å². The third-order valence-electron chi connectivity index (χ3n) is 1.90. The van der Waals surface area contributed by atoms with Crippen LogP contribution in [0.5, 0.6) is 0 Å². The van der Waals surface area contributed by atoms with Crippen LogP contribution in [0.15, 0.2) is 0 Å². The van der Waals surface area contributed by atoms with Gasteiger partial charge in [0.2, 0.25) is 0 Å². The summed E-state index contributed by atoms with van der Waals surface area (Å²) in [5, 5.41) is 0.614. The van der Waals surface area contributed by atoms with Gasteiger partial charge in [0.05, 0.1) is 0 Å². The first kappa shape index (κ1) is 13.3. The SMILES string of the molecule is FC(F)(F)C1(F)C(F)(F)[N]C(F)(F)C1(F)F. The van der Waals surface area contributed by atoms with Gasteiger partial charge in [0.25, 0.3) is 0 Å². The second kappa shape index (κ2) is 2.74. The predicted octanol–water partition coefficient (Wildman–Crippen LogP) is 2.70. The molecular formula is C5F10N. The van der Waals surface area contributed by atoms with E-state index in [1.807, 2.05) is 0 Å². The van der Waals surface area contributed by atoms with Crippen LogP contribution >= 0.6 is 0 Å². The lowest BCUT2D eigenvalue weighted by molar-refractivity contribution is -0.358. The zero-order chi connectivity index (χ0) is 13.2. The standard InChI is InChI=1S/C5F10N/c6-1(3(9,10)11)2(7,8)5(14,15)16-4(1,12)13. The zero-order valence-corrected chi connectivity index (χ0v) is 6.73. The molecule has 0 amide bonds. The molecule has 1 radical (unpaired) electrons. The minimum atomic E-state index is -6.90. The van der Waals surface area contributed by atoms with E-state index in [1.165, 1.54) is 0 Å². The van der Waals surface area contributed by atoms with Gasteiger partial charge in [-0.05, 0) is 0 Å². The first-order valence-corrected chi connectivity index (χ1v) is 3.34. The molecule has 1 unspecified atom stereocenters. The van der Waals surface area contributed by atoms with Crippen molar-refractivity contribution in [2.45, 2.75) is 29.9 Å². The highest BCUT2D eigenvalue weighted by Crippen LogP contribution is 2.63. The maximum atomic E-state index is 12.7. The number of alkyl halides is 10. The molecule has 95 valence electrons. The van der Waals surface area contributed by atoms with E-state index in [4.69, 9.17) is 0 Å². The zero-order valence-electron chi connectivity index (χ0n) is 6.73. The van der Waals surface area contributed by atoms with Crippen molar-refractivity contribution < 1.29 is 43.9 Å². The number of hydrogen-bond donors (Lipinski definition) is 0. The summed E-state index contributed by atoms with van der Waals surface area (Å²) in [5.41, 5.74) is -6.73. The molecule has 1 aliphatic rings. The summed E-state index contributed by atoms with van der Waals surface area (Å²) in [6.45, 7) is 0. The van der Waals surface area contributed by atoms with Crippen LogP contribution in [0.25, 0.3) is 0 Å². The second-order valence-electron chi connectivity index (χ2n) is 2.92. The lowest BCUT2D eigenvalue weighted by atomic mass is 9.97. The predicted molar refractivity (Wildman–Crippen MR) is 26.9 cm³/mol. The van der Waals surface area contributed by atoms with Crippen molar-refractivity contribution >= 4 is 0 Å². The molecule has 0 aromatic heterocycles. The first-order valence-electron chi connectivity index (χ1n) is 3.34. The summed E-state index contributed by atoms with van der Waals surface area (Å²) in [5.74, 6) is -6.68. The van der Waals surface area contributed by atoms with Gasteiger partial charge >= 0.3 is 29.9 Å². The van der Waals surface area contributed by atoms with Crippen molar-refractivity contribution in [3.05, 3.63) is 0 Å². The highest BCUT2D eigenvalue weighted by Gasteiger charge is 2.96. The van der Waals surface area contributed by atoms with E-state index in [0.29, 0.717) is 5.32 Å². The van der Waals surface area contributed by atoms with E-state index in [2.05, 4.69) is 0 Å². The largest absolute Gasteiger partial charge is 0.436 e. The van der Waals surface area contributed by atoms with Crippen LogP contribution < -0.4 is 5.32 Å². The number of rotatable bonds is 0. The molecule has 1 fully saturated rings. The Labute approximate surface area is 80.4 Å². The first-order chi connectivity index (χ1) is 6.71. The molecule has 1 atom stereocenters. The van der Waals surface area contributed by atoms with Crippen molar-refractivity contribution in [3.8, 4) is 0 Å². The summed E-state index contributed by atoms with van der Waals surface area (Å²) in [4.78, 5) is 0. The van der Waals surface area contributed by atoms with E-state index in [1.54, 1.807) is 0 Å². The van der Waals surface area contributed by atoms with Crippen molar-refractivity contribution in [2.75, 3.05) is 0 Å². The van der Waals surface area contributed by atoms with Crippen LogP contribution in [0, 0.1) is 0 Å². The summed E-state index contributed by atoms with van der Waals surface area (Å²) in [6, 6.07) is -12.4. The van der Waals surface area contributed by atoms with E-state index in [0.717, 1.165) is 0 Å². The van der Waals surface area contributed by atoms with Gasteiger partial charge in [-0.15, -0.1) is 0 Å². The topological polar surface area (TPSA) is 14.1 Å². The van der Waals surface area contributed by atoms with Gasteiger partial charge in [0, 0.05) is 0 Å². The molecule has 1 rings (SSSR count). The van der Waals surface area contributed by atoms with Gasteiger partial charge in [-0.25, -0.2) is 4.39 Å². The van der Waals surface area contributed by atoms with Crippen LogP contribution in [-0.2, 0) is 0 Å². The molecule has 0 bridgehead atoms. The van der Waals surface area contributed by atoms with E-state index in [9.17, 15) is 43.9 Å². The molecule has 1 aliphatic heterocycles. The molecule has 0 saturated carbocycles. The minimum absolute atomic E-state index is 0.614. The van der Waals surface area contributed by atoms with E-state index < -0.39 is 29.9 Å². The van der Waals surface area contributed by atoms with Gasteiger partial charge in [-0.1, -0.05) is 5.32 Å². The van der Waals surface area contributed by atoms with Crippen LogP contribution in [0.2, 0.25) is 0 Å². The number of halogens is 10. The summed E-state index contributed by atoms with van der Waals surface area (Å²) in [7, 11) is 0. The molecule has 16 heavy (non-hydrogen) atoms. The maximum Gasteiger partial charge on any atom is 0.436 e. The molecular weight excluding hydrogens is 264 g/mol. The van der Waals surface area contributed by atoms with Crippen molar-refractivity contribution in [2.24, 2.45) is 0 Å². The Balaban J connectivity index is 3.48. The average molecular weight is 264 g/mol. The Morgan fingerprint density at radius 1 is 0.688 bits per heavy atom. The Hall–Kier alpha value is -0.740. The molecule has 0 spiro atoms. The molecule has 0 N–H and O–H groups in total. The second-order valence-corrected chi connectivity index (χ2v) is 2.92. The number of hydrogen-bond acceptors (Lipinski definition) is 0. The van der Waals surface area contributed by atoms with Crippen molar-refractivity contribution in [1.82, 2.24) is 5.32 Å². The third kappa shape index (κ3) is 1.17. The fourth-order valence-electron chi connectivity index (χ4n) is 1.07. The van der Waals surface area contributed by atoms with Gasteiger partial charge in [0.1, 0.15) is 0 Å². The van der Waals surface area contributed by atoms with Crippen molar-refractivity contribution in [1.29, 1.82) is 0 Å². The van der Waals surface area contributed by atoms with Gasteiger partial charge in [-0.2, -0.15) is 39.5 Å². The Morgan fingerprint density at radius 3 is 1.19 bits per heavy atom. The van der Waals surface area contributed by atoms with Crippen LogP contribution in [0.4, 0.5) is 43.9 Å². The highest BCUT2D eigenvalue weighted by molar-refractivity contribution is 5.18. The summed E-state index contributed by atoms with van der Waals surface area (Å²) < 4.78 is 121. The van der Waals surface area contributed by atoms with Crippen LogP contribution in [0.3, 0.4) is 0 Å². The van der Waals surface area contributed by atoms with Gasteiger partial charge in [0.15, 0.2) is 0 Å². The molecule has 1 heterocycles. The average Bonchev–Trinajstić information content (AvgIpc) is 2.05. The molecule has 1 nitrogen and oxygen atoms in total. The lowest BCUT2D eigenvalue weighted by Crippen LogP contribution is -2.63. The highest BCUT2D eigenvalue weighted by atomic mass is 19.4. The molecule has 0 aromatic carbocycles. The molecule has 11 heteroatoms. The monoisotopic (exact) mass is 264 g/mol. The van der Waals surface area contributed by atoms with Crippen LogP contribution in [-0.4, -0.2) is 29.9 Å². The quantitative estimate of drug-likeness (QED) is 0.471.